The number of hydrogen-bond donors (Lipinski definition) is 2. The number of hydrogen-bond acceptors (Lipinski definition) is 4. The summed E-state index contributed by atoms with van der Waals surface area (Å²) >= 11 is 0. The fourth-order valence-corrected chi connectivity index (χ4v) is 3.13. The fourth-order valence-electron chi connectivity index (χ4n) is 1.94. The molecule has 1 atom stereocenters. The van der Waals surface area contributed by atoms with Gasteiger partial charge in [-0.25, -0.2) is 12.8 Å². The zero-order valence-electron chi connectivity index (χ0n) is 12.1. The van der Waals surface area contributed by atoms with Crippen molar-refractivity contribution in [1.29, 1.82) is 0 Å². The van der Waals surface area contributed by atoms with Crippen LogP contribution in [-0.4, -0.2) is 26.6 Å². The van der Waals surface area contributed by atoms with E-state index in [2.05, 4.69) is 4.72 Å². The van der Waals surface area contributed by atoms with Gasteiger partial charge >= 0.3 is 5.97 Å². The Morgan fingerprint density at radius 3 is 2.39 bits per heavy atom. The highest BCUT2D eigenvalue weighted by Gasteiger charge is 2.27. The highest BCUT2D eigenvalue weighted by molar-refractivity contribution is 7.89. The van der Waals surface area contributed by atoms with Crippen molar-refractivity contribution in [2.45, 2.75) is 10.9 Å². The van der Waals surface area contributed by atoms with Crippen LogP contribution in [0.2, 0.25) is 0 Å². The minimum atomic E-state index is -4.23. The van der Waals surface area contributed by atoms with E-state index >= 15 is 0 Å². The maximum absolute atomic E-state index is 13.7. The first-order valence-electron chi connectivity index (χ1n) is 6.49. The van der Waals surface area contributed by atoms with Gasteiger partial charge in [0.05, 0.1) is 12.0 Å². The molecular formula is C15H14FNO5S. The second kappa shape index (κ2) is 6.76. The molecule has 2 aromatic carbocycles. The summed E-state index contributed by atoms with van der Waals surface area (Å²) in [7, 11) is -2.98. The predicted molar refractivity (Wildman–Crippen MR) is 80.1 cm³/mol. The van der Waals surface area contributed by atoms with Crippen molar-refractivity contribution in [3.05, 3.63) is 59.9 Å². The lowest BCUT2D eigenvalue weighted by Gasteiger charge is -2.15. The summed E-state index contributed by atoms with van der Waals surface area (Å²) in [5.41, 5.74) is 0.262. The SMILES string of the molecule is COc1ccc(S(=O)(=O)NC(C(=O)O)c2ccccc2)cc1F. The van der Waals surface area contributed by atoms with Crippen molar-refractivity contribution in [3.8, 4) is 5.75 Å². The van der Waals surface area contributed by atoms with E-state index in [0.717, 1.165) is 18.2 Å². The van der Waals surface area contributed by atoms with E-state index in [1.54, 1.807) is 18.2 Å². The highest BCUT2D eigenvalue weighted by Crippen LogP contribution is 2.22. The van der Waals surface area contributed by atoms with Crippen LogP contribution in [0.4, 0.5) is 4.39 Å². The van der Waals surface area contributed by atoms with E-state index in [9.17, 15) is 22.7 Å². The number of nitrogens with one attached hydrogen (secondary N) is 1. The molecule has 122 valence electrons. The van der Waals surface area contributed by atoms with Gasteiger partial charge in [-0.15, -0.1) is 0 Å². The van der Waals surface area contributed by atoms with Crippen molar-refractivity contribution in [1.82, 2.24) is 4.72 Å². The van der Waals surface area contributed by atoms with Gasteiger partial charge in [-0.3, -0.25) is 4.79 Å². The summed E-state index contributed by atoms with van der Waals surface area (Å²) in [6.45, 7) is 0. The number of ether oxygens (including phenoxy) is 1. The van der Waals surface area contributed by atoms with Crippen molar-refractivity contribution >= 4 is 16.0 Å². The van der Waals surface area contributed by atoms with E-state index in [1.165, 1.54) is 19.2 Å². The summed E-state index contributed by atoms with van der Waals surface area (Å²) < 4.78 is 45.0. The monoisotopic (exact) mass is 339 g/mol. The first-order chi connectivity index (χ1) is 10.8. The average molecular weight is 339 g/mol. The number of carboxylic acid groups (broad SMARTS) is 1. The smallest absolute Gasteiger partial charge is 0.326 e. The Morgan fingerprint density at radius 2 is 1.87 bits per heavy atom. The van der Waals surface area contributed by atoms with Crippen LogP contribution < -0.4 is 9.46 Å². The van der Waals surface area contributed by atoms with Gasteiger partial charge in [0.1, 0.15) is 6.04 Å². The van der Waals surface area contributed by atoms with Crippen molar-refractivity contribution in [3.63, 3.8) is 0 Å². The van der Waals surface area contributed by atoms with Crippen LogP contribution in [0.25, 0.3) is 0 Å². The minimum Gasteiger partial charge on any atom is -0.494 e. The first kappa shape index (κ1) is 16.9. The number of aliphatic carboxylic acids is 1. The average Bonchev–Trinajstić information content (AvgIpc) is 2.53. The number of halogens is 1. The first-order valence-corrected chi connectivity index (χ1v) is 7.97. The van der Waals surface area contributed by atoms with Crippen molar-refractivity contribution < 1.29 is 27.4 Å². The molecule has 8 heteroatoms. The van der Waals surface area contributed by atoms with Gasteiger partial charge in [-0.2, -0.15) is 4.72 Å². The summed E-state index contributed by atoms with van der Waals surface area (Å²) in [6, 6.07) is 9.40. The summed E-state index contributed by atoms with van der Waals surface area (Å²) in [6.07, 6.45) is 0. The Hall–Kier alpha value is -2.45. The van der Waals surface area contributed by atoms with Gasteiger partial charge in [-0.05, 0) is 23.8 Å². The molecule has 2 rings (SSSR count). The molecule has 0 heterocycles. The second-order valence-electron chi connectivity index (χ2n) is 4.60. The fraction of sp³-hybridized carbons (Fsp3) is 0.133. The van der Waals surface area contributed by atoms with Crippen LogP contribution in [-0.2, 0) is 14.8 Å². The molecule has 0 amide bonds. The summed E-state index contributed by atoms with van der Waals surface area (Å²) in [5, 5.41) is 9.25. The Morgan fingerprint density at radius 1 is 1.22 bits per heavy atom. The van der Waals surface area contributed by atoms with Crippen molar-refractivity contribution in [2.24, 2.45) is 0 Å². The third-order valence-corrected chi connectivity index (χ3v) is 4.51. The Kier molecular flexibility index (Phi) is 4.97. The van der Waals surface area contributed by atoms with E-state index in [1.807, 2.05) is 0 Å². The molecule has 0 saturated heterocycles. The molecule has 0 spiro atoms. The molecule has 0 aliphatic carbocycles. The lowest BCUT2D eigenvalue weighted by Crippen LogP contribution is -2.33. The molecule has 0 aliphatic rings. The topological polar surface area (TPSA) is 92.7 Å². The molecule has 0 fully saturated rings. The second-order valence-corrected chi connectivity index (χ2v) is 6.31. The highest BCUT2D eigenvalue weighted by atomic mass is 32.2. The summed E-state index contributed by atoms with van der Waals surface area (Å²) in [4.78, 5) is 11.0. The van der Waals surface area contributed by atoms with E-state index in [4.69, 9.17) is 4.74 Å². The zero-order chi connectivity index (χ0) is 17.0. The van der Waals surface area contributed by atoms with Gasteiger partial charge in [0.15, 0.2) is 11.6 Å². The van der Waals surface area contributed by atoms with Crippen molar-refractivity contribution in [2.75, 3.05) is 7.11 Å². The van der Waals surface area contributed by atoms with E-state index in [0.29, 0.717) is 0 Å². The Balaban J connectivity index is 2.35. The summed E-state index contributed by atoms with van der Waals surface area (Å²) in [5.74, 6) is -2.34. The lowest BCUT2D eigenvalue weighted by molar-refractivity contribution is -0.139. The molecule has 0 bridgehead atoms. The number of rotatable bonds is 6. The standard InChI is InChI=1S/C15H14FNO5S/c1-22-13-8-7-11(9-12(13)16)23(20,21)17-14(15(18)19)10-5-3-2-4-6-10/h2-9,14,17H,1H3,(H,18,19). The van der Waals surface area contributed by atoms with Crippen LogP contribution in [0, 0.1) is 5.82 Å². The molecule has 0 saturated carbocycles. The van der Waals surface area contributed by atoms with Crippen LogP contribution in [0.5, 0.6) is 5.75 Å². The molecular weight excluding hydrogens is 325 g/mol. The molecule has 1 unspecified atom stereocenters. The zero-order valence-corrected chi connectivity index (χ0v) is 12.9. The molecule has 2 aromatic rings. The van der Waals surface area contributed by atoms with Crippen LogP contribution in [0.15, 0.2) is 53.4 Å². The van der Waals surface area contributed by atoms with Gasteiger partial charge < -0.3 is 9.84 Å². The van der Waals surface area contributed by atoms with Gasteiger partial charge in [0, 0.05) is 0 Å². The number of carboxylic acids is 1. The molecule has 6 nitrogen and oxygen atoms in total. The lowest BCUT2D eigenvalue weighted by atomic mass is 10.1. The maximum atomic E-state index is 13.7. The Bertz CT molecular complexity index is 808. The quantitative estimate of drug-likeness (QED) is 0.839. The third kappa shape index (κ3) is 3.85. The number of sulfonamides is 1. The van der Waals surface area contributed by atoms with Gasteiger partial charge in [0.25, 0.3) is 0 Å². The molecule has 0 aromatic heterocycles. The molecule has 2 N–H and O–H groups in total. The van der Waals surface area contributed by atoms with Crippen LogP contribution in [0.1, 0.15) is 11.6 Å². The molecule has 23 heavy (non-hydrogen) atoms. The third-order valence-electron chi connectivity index (χ3n) is 3.09. The van der Waals surface area contributed by atoms with E-state index in [-0.39, 0.29) is 11.3 Å². The number of carbonyl (C=O) groups is 1. The number of methoxy groups -OCH3 is 1. The molecule has 0 radical (unpaired) electrons. The van der Waals surface area contributed by atoms with Crippen LogP contribution >= 0.6 is 0 Å². The largest absolute Gasteiger partial charge is 0.494 e. The Labute approximate surface area is 132 Å². The van der Waals surface area contributed by atoms with E-state index < -0.39 is 32.7 Å². The minimum absolute atomic E-state index is 0.109. The predicted octanol–water partition coefficient (Wildman–Crippen LogP) is 1.94. The molecule has 0 aliphatic heterocycles. The van der Waals surface area contributed by atoms with Gasteiger partial charge in [0.2, 0.25) is 10.0 Å². The van der Waals surface area contributed by atoms with Crippen LogP contribution in [0.3, 0.4) is 0 Å². The maximum Gasteiger partial charge on any atom is 0.326 e. The normalized spacial score (nSPS) is 12.6. The van der Waals surface area contributed by atoms with Gasteiger partial charge in [-0.1, -0.05) is 30.3 Å². The number of benzene rings is 2.